The number of nitrogens with zero attached hydrogens (tertiary/aromatic N) is 1. The second kappa shape index (κ2) is 5.47. The number of anilines is 1. The third kappa shape index (κ3) is 2.96. The molecule has 2 atom stereocenters. The minimum absolute atomic E-state index is 0.00141. The zero-order valence-corrected chi connectivity index (χ0v) is 10.4. The normalized spacial score (nSPS) is 23.6. The van der Waals surface area contributed by atoms with Crippen molar-refractivity contribution in [2.24, 2.45) is 5.92 Å². The SMILES string of the molecule is CCC1OCCC1C(=O)Nc1ccc(Cl)nc1. The molecule has 1 saturated heterocycles. The maximum atomic E-state index is 12.0. The molecule has 1 fully saturated rings. The van der Waals surface area contributed by atoms with Gasteiger partial charge in [-0.1, -0.05) is 18.5 Å². The van der Waals surface area contributed by atoms with Crippen molar-refractivity contribution in [3.05, 3.63) is 23.5 Å². The number of pyridine rings is 1. The van der Waals surface area contributed by atoms with Crippen molar-refractivity contribution in [2.75, 3.05) is 11.9 Å². The molecule has 1 aromatic rings. The van der Waals surface area contributed by atoms with Crippen LogP contribution in [-0.4, -0.2) is 23.6 Å². The van der Waals surface area contributed by atoms with Gasteiger partial charge in [0.2, 0.25) is 5.91 Å². The van der Waals surface area contributed by atoms with E-state index in [1.165, 1.54) is 0 Å². The van der Waals surface area contributed by atoms with Crippen molar-refractivity contribution in [3.8, 4) is 0 Å². The summed E-state index contributed by atoms with van der Waals surface area (Å²) < 4.78 is 5.50. The summed E-state index contributed by atoms with van der Waals surface area (Å²) in [5, 5.41) is 3.25. The van der Waals surface area contributed by atoms with E-state index in [0.717, 1.165) is 12.8 Å². The van der Waals surface area contributed by atoms with E-state index >= 15 is 0 Å². The van der Waals surface area contributed by atoms with Crippen LogP contribution in [0.25, 0.3) is 0 Å². The van der Waals surface area contributed by atoms with Gasteiger partial charge in [-0.25, -0.2) is 4.98 Å². The topological polar surface area (TPSA) is 51.2 Å². The highest BCUT2D eigenvalue weighted by molar-refractivity contribution is 6.29. The Morgan fingerprint density at radius 2 is 2.47 bits per heavy atom. The van der Waals surface area contributed by atoms with E-state index in [-0.39, 0.29) is 17.9 Å². The summed E-state index contributed by atoms with van der Waals surface area (Å²) >= 11 is 5.68. The maximum absolute atomic E-state index is 12.0. The van der Waals surface area contributed by atoms with E-state index < -0.39 is 0 Å². The molecule has 0 radical (unpaired) electrons. The Morgan fingerprint density at radius 1 is 1.65 bits per heavy atom. The predicted molar refractivity (Wildman–Crippen MR) is 66.0 cm³/mol. The van der Waals surface area contributed by atoms with Gasteiger partial charge in [-0.05, 0) is 25.0 Å². The highest BCUT2D eigenvalue weighted by Crippen LogP contribution is 2.24. The molecular formula is C12H15ClN2O2. The number of carbonyl (C=O) groups is 1. The number of nitrogens with one attached hydrogen (secondary N) is 1. The Hall–Kier alpha value is -1.13. The summed E-state index contributed by atoms with van der Waals surface area (Å²) in [5.74, 6) is -0.0610. The smallest absolute Gasteiger partial charge is 0.230 e. The first-order valence-electron chi connectivity index (χ1n) is 5.74. The lowest BCUT2D eigenvalue weighted by Crippen LogP contribution is -2.29. The Bertz CT molecular complexity index is 394. The van der Waals surface area contributed by atoms with Crippen LogP contribution in [0.15, 0.2) is 18.3 Å². The van der Waals surface area contributed by atoms with E-state index in [4.69, 9.17) is 16.3 Å². The van der Waals surface area contributed by atoms with Crippen LogP contribution in [0.5, 0.6) is 0 Å². The van der Waals surface area contributed by atoms with E-state index in [2.05, 4.69) is 10.3 Å². The molecule has 1 N–H and O–H groups in total. The summed E-state index contributed by atoms with van der Waals surface area (Å²) in [6.45, 7) is 2.69. The van der Waals surface area contributed by atoms with Gasteiger partial charge >= 0.3 is 0 Å². The van der Waals surface area contributed by atoms with Crippen LogP contribution in [0.1, 0.15) is 19.8 Å². The lowest BCUT2D eigenvalue weighted by Gasteiger charge is -2.16. The van der Waals surface area contributed by atoms with Crippen molar-refractivity contribution in [3.63, 3.8) is 0 Å². The Labute approximate surface area is 105 Å². The minimum Gasteiger partial charge on any atom is -0.377 e. The number of halogens is 1. The second-order valence-corrected chi connectivity index (χ2v) is 4.46. The number of ether oxygens (including phenoxy) is 1. The van der Waals surface area contributed by atoms with Gasteiger partial charge in [0.25, 0.3) is 0 Å². The van der Waals surface area contributed by atoms with Crippen molar-refractivity contribution >= 4 is 23.2 Å². The molecule has 17 heavy (non-hydrogen) atoms. The monoisotopic (exact) mass is 254 g/mol. The molecule has 0 bridgehead atoms. The van der Waals surface area contributed by atoms with Crippen LogP contribution in [0.3, 0.4) is 0 Å². The van der Waals surface area contributed by atoms with Gasteiger partial charge < -0.3 is 10.1 Å². The van der Waals surface area contributed by atoms with Crippen molar-refractivity contribution in [2.45, 2.75) is 25.9 Å². The second-order valence-electron chi connectivity index (χ2n) is 4.07. The molecule has 1 aromatic heterocycles. The molecule has 1 amide bonds. The minimum atomic E-state index is -0.0596. The first kappa shape index (κ1) is 12.3. The standard InChI is InChI=1S/C12H15ClN2O2/c1-2-10-9(5-6-17-10)12(16)15-8-3-4-11(13)14-7-8/h3-4,7,9-10H,2,5-6H2,1H3,(H,15,16). The zero-order valence-electron chi connectivity index (χ0n) is 9.65. The zero-order chi connectivity index (χ0) is 12.3. The molecule has 2 unspecified atom stereocenters. The Balaban J connectivity index is 1.99. The fourth-order valence-corrected chi connectivity index (χ4v) is 2.15. The van der Waals surface area contributed by atoms with Gasteiger partial charge in [0.05, 0.1) is 23.9 Å². The van der Waals surface area contributed by atoms with E-state index in [1.54, 1.807) is 18.3 Å². The van der Waals surface area contributed by atoms with Gasteiger partial charge in [0, 0.05) is 6.61 Å². The summed E-state index contributed by atoms with van der Waals surface area (Å²) in [6.07, 6.45) is 3.23. The summed E-state index contributed by atoms with van der Waals surface area (Å²) in [6, 6.07) is 3.39. The summed E-state index contributed by atoms with van der Waals surface area (Å²) in [7, 11) is 0. The molecule has 1 aliphatic heterocycles. The van der Waals surface area contributed by atoms with Gasteiger partial charge in [-0.2, -0.15) is 0 Å². The molecule has 92 valence electrons. The van der Waals surface area contributed by atoms with E-state index in [9.17, 15) is 4.79 Å². The van der Waals surface area contributed by atoms with E-state index in [1.807, 2.05) is 6.92 Å². The van der Waals surface area contributed by atoms with Crippen molar-refractivity contribution < 1.29 is 9.53 Å². The van der Waals surface area contributed by atoms with Gasteiger partial charge in [-0.3, -0.25) is 4.79 Å². The first-order valence-corrected chi connectivity index (χ1v) is 6.12. The third-order valence-corrected chi connectivity index (χ3v) is 3.17. The number of aromatic nitrogens is 1. The largest absolute Gasteiger partial charge is 0.377 e. The van der Waals surface area contributed by atoms with E-state index in [0.29, 0.717) is 17.4 Å². The highest BCUT2D eigenvalue weighted by Gasteiger charge is 2.32. The molecule has 2 heterocycles. The number of amides is 1. The average Bonchev–Trinajstić information content (AvgIpc) is 2.80. The average molecular weight is 255 g/mol. The lowest BCUT2D eigenvalue weighted by atomic mass is 9.99. The molecule has 0 aromatic carbocycles. The molecule has 5 heteroatoms. The number of hydrogen-bond acceptors (Lipinski definition) is 3. The molecular weight excluding hydrogens is 240 g/mol. The summed E-state index contributed by atoms with van der Waals surface area (Å²) in [4.78, 5) is 15.9. The van der Waals surface area contributed by atoms with Crippen LogP contribution in [0, 0.1) is 5.92 Å². The fourth-order valence-electron chi connectivity index (χ4n) is 2.04. The van der Waals surface area contributed by atoms with Crippen LogP contribution < -0.4 is 5.32 Å². The number of rotatable bonds is 3. The van der Waals surface area contributed by atoms with Crippen LogP contribution in [-0.2, 0) is 9.53 Å². The molecule has 0 aliphatic carbocycles. The molecule has 2 rings (SSSR count). The third-order valence-electron chi connectivity index (χ3n) is 2.94. The number of hydrogen-bond donors (Lipinski definition) is 1. The van der Waals surface area contributed by atoms with Crippen molar-refractivity contribution in [1.82, 2.24) is 4.98 Å². The van der Waals surface area contributed by atoms with Crippen LogP contribution >= 0.6 is 11.6 Å². The molecule has 0 spiro atoms. The molecule has 1 aliphatic rings. The summed E-state index contributed by atoms with van der Waals surface area (Å²) in [5.41, 5.74) is 0.668. The quantitative estimate of drug-likeness (QED) is 0.843. The van der Waals surface area contributed by atoms with Gasteiger partial charge in [-0.15, -0.1) is 0 Å². The fraction of sp³-hybridized carbons (Fsp3) is 0.500. The molecule has 0 saturated carbocycles. The van der Waals surface area contributed by atoms with Crippen LogP contribution in [0.2, 0.25) is 5.15 Å². The van der Waals surface area contributed by atoms with Gasteiger partial charge in [0.15, 0.2) is 0 Å². The molecule has 4 nitrogen and oxygen atoms in total. The predicted octanol–water partition coefficient (Wildman–Crippen LogP) is 2.49. The number of carbonyl (C=O) groups excluding carboxylic acids is 1. The van der Waals surface area contributed by atoms with Crippen LogP contribution in [0.4, 0.5) is 5.69 Å². The highest BCUT2D eigenvalue weighted by atomic mass is 35.5. The van der Waals surface area contributed by atoms with Gasteiger partial charge in [0.1, 0.15) is 5.15 Å². The lowest BCUT2D eigenvalue weighted by molar-refractivity contribution is -0.121. The Kier molecular flexibility index (Phi) is 3.97. The first-order chi connectivity index (χ1) is 8.20. The van der Waals surface area contributed by atoms with Crippen molar-refractivity contribution in [1.29, 1.82) is 0 Å². The Morgan fingerprint density at radius 3 is 3.12 bits per heavy atom. The maximum Gasteiger partial charge on any atom is 0.230 e.